The van der Waals surface area contributed by atoms with Crippen molar-refractivity contribution in [2.24, 2.45) is 0 Å². The lowest BCUT2D eigenvalue weighted by atomic mass is 10.0. The molecule has 4 rings (SSSR count). The molecule has 9 heteroatoms. The molecule has 0 aliphatic carbocycles. The van der Waals surface area contributed by atoms with Crippen LogP contribution in [0.25, 0.3) is 11.4 Å². The van der Waals surface area contributed by atoms with E-state index in [0.717, 1.165) is 11.1 Å². The number of amides is 2. The van der Waals surface area contributed by atoms with E-state index in [2.05, 4.69) is 20.4 Å². The van der Waals surface area contributed by atoms with Crippen molar-refractivity contribution >= 4 is 6.03 Å². The zero-order chi connectivity index (χ0) is 20.2. The van der Waals surface area contributed by atoms with Gasteiger partial charge in [0.25, 0.3) is 0 Å². The molecule has 29 heavy (non-hydrogen) atoms. The molecule has 1 fully saturated rings. The van der Waals surface area contributed by atoms with Crippen LogP contribution < -0.4 is 14.8 Å². The van der Waals surface area contributed by atoms with Gasteiger partial charge in [-0.2, -0.15) is 4.98 Å². The summed E-state index contributed by atoms with van der Waals surface area (Å²) in [5.41, 5.74) is 1.77. The first kappa shape index (κ1) is 18.7. The zero-order valence-corrected chi connectivity index (χ0v) is 16.2. The predicted molar refractivity (Wildman–Crippen MR) is 104 cm³/mol. The largest absolute Gasteiger partial charge is 0.493 e. The number of nitrogens with zero attached hydrogens (tertiary/aromatic N) is 4. The number of ether oxygens (including phenoxy) is 2. The van der Waals surface area contributed by atoms with Crippen molar-refractivity contribution in [2.75, 3.05) is 27.3 Å². The molecule has 1 saturated heterocycles. The minimum absolute atomic E-state index is 0.0462. The van der Waals surface area contributed by atoms with Gasteiger partial charge in [-0.25, -0.2) is 4.79 Å². The van der Waals surface area contributed by atoms with Gasteiger partial charge in [0.1, 0.15) is 0 Å². The second-order valence-corrected chi connectivity index (χ2v) is 6.64. The summed E-state index contributed by atoms with van der Waals surface area (Å²) in [5.74, 6) is 2.40. The average molecular weight is 395 g/mol. The van der Waals surface area contributed by atoms with Crippen molar-refractivity contribution < 1.29 is 18.8 Å². The van der Waals surface area contributed by atoms with Crippen LogP contribution in [0.4, 0.5) is 4.79 Å². The highest BCUT2D eigenvalue weighted by atomic mass is 16.5. The van der Waals surface area contributed by atoms with E-state index < -0.39 is 0 Å². The summed E-state index contributed by atoms with van der Waals surface area (Å²) in [5, 5.41) is 6.92. The van der Waals surface area contributed by atoms with Gasteiger partial charge in [0.15, 0.2) is 11.5 Å². The number of rotatable bonds is 6. The average Bonchev–Trinajstić information content (AvgIpc) is 3.21. The Hall–Kier alpha value is -3.62. The molecular weight excluding hydrogens is 374 g/mol. The first-order valence-electron chi connectivity index (χ1n) is 9.15. The number of likely N-dealkylation sites (tertiary alicyclic amines) is 1. The second kappa shape index (κ2) is 8.17. The van der Waals surface area contributed by atoms with Crippen LogP contribution in [0, 0.1) is 0 Å². The molecule has 0 bridgehead atoms. The Bertz CT molecular complexity index is 986. The number of hydrogen-bond acceptors (Lipinski definition) is 7. The minimum Gasteiger partial charge on any atom is -0.493 e. The molecule has 3 heterocycles. The maximum absolute atomic E-state index is 12.4. The molecule has 1 N–H and O–H groups in total. The topological polar surface area (TPSA) is 103 Å². The SMILES string of the molecule is COc1ccc(CNC(=O)N2CC(c3nc(-c4ccncc4)no3)C2)cc1OC. The van der Waals surface area contributed by atoms with Gasteiger partial charge in [0.2, 0.25) is 11.7 Å². The summed E-state index contributed by atoms with van der Waals surface area (Å²) in [7, 11) is 3.17. The number of carbonyl (C=O) groups is 1. The van der Waals surface area contributed by atoms with E-state index in [1.165, 1.54) is 0 Å². The second-order valence-electron chi connectivity index (χ2n) is 6.64. The van der Waals surface area contributed by atoms with E-state index in [1.54, 1.807) is 31.5 Å². The van der Waals surface area contributed by atoms with E-state index in [1.807, 2.05) is 30.3 Å². The van der Waals surface area contributed by atoms with Gasteiger partial charge >= 0.3 is 6.03 Å². The number of urea groups is 1. The van der Waals surface area contributed by atoms with Crippen LogP contribution in [0.3, 0.4) is 0 Å². The molecule has 150 valence electrons. The first-order valence-corrected chi connectivity index (χ1v) is 9.15. The predicted octanol–water partition coefficient (Wildman–Crippen LogP) is 2.46. The van der Waals surface area contributed by atoms with Crippen LogP contribution in [-0.2, 0) is 6.54 Å². The van der Waals surface area contributed by atoms with Gasteiger partial charge in [0, 0.05) is 37.6 Å². The number of methoxy groups -OCH3 is 2. The molecule has 0 radical (unpaired) electrons. The standard InChI is InChI=1S/C20H21N5O4/c1-27-16-4-3-13(9-17(16)28-2)10-22-20(26)25-11-15(12-25)19-23-18(24-29-19)14-5-7-21-8-6-14/h3-9,15H,10-12H2,1-2H3,(H,22,26). The van der Waals surface area contributed by atoms with Crippen molar-refractivity contribution in [1.82, 2.24) is 25.3 Å². The fraction of sp³-hybridized carbons (Fsp3) is 0.300. The van der Waals surface area contributed by atoms with Crippen LogP contribution in [0.1, 0.15) is 17.4 Å². The van der Waals surface area contributed by atoms with Gasteiger partial charge in [-0.05, 0) is 29.8 Å². The van der Waals surface area contributed by atoms with Crippen molar-refractivity contribution in [3.05, 3.63) is 54.2 Å². The number of pyridine rings is 1. The first-order chi connectivity index (χ1) is 14.2. The summed E-state index contributed by atoms with van der Waals surface area (Å²) in [6, 6.07) is 9.06. The molecule has 0 unspecified atom stereocenters. The van der Waals surface area contributed by atoms with Crippen LogP contribution >= 0.6 is 0 Å². The van der Waals surface area contributed by atoms with Crippen LogP contribution in [0.5, 0.6) is 11.5 Å². The van der Waals surface area contributed by atoms with Crippen molar-refractivity contribution in [3.8, 4) is 22.9 Å². The van der Waals surface area contributed by atoms with Crippen molar-refractivity contribution in [2.45, 2.75) is 12.5 Å². The minimum atomic E-state index is -0.134. The van der Waals surface area contributed by atoms with Gasteiger partial charge in [0.05, 0.1) is 20.1 Å². The Morgan fingerprint density at radius 1 is 1.17 bits per heavy atom. The van der Waals surface area contributed by atoms with E-state index in [9.17, 15) is 4.79 Å². The molecule has 1 aliphatic rings. The third-order valence-electron chi connectivity index (χ3n) is 4.79. The third kappa shape index (κ3) is 3.98. The van der Waals surface area contributed by atoms with Crippen LogP contribution in [0.15, 0.2) is 47.2 Å². The van der Waals surface area contributed by atoms with Gasteiger partial charge in [-0.1, -0.05) is 11.2 Å². The lowest BCUT2D eigenvalue weighted by Crippen LogP contribution is -2.52. The van der Waals surface area contributed by atoms with Crippen molar-refractivity contribution in [3.63, 3.8) is 0 Å². The molecule has 2 aromatic heterocycles. The summed E-state index contributed by atoms with van der Waals surface area (Å²) in [6.45, 7) is 1.47. The van der Waals surface area contributed by atoms with Gasteiger partial charge in [-0.3, -0.25) is 4.98 Å². The highest BCUT2D eigenvalue weighted by Crippen LogP contribution is 2.29. The zero-order valence-electron chi connectivity index (χ0n) is 16.2. The summed E-state index contributed by atoms with van der Waals surface area (Å²) in [6.07, 6.45) is 3.36. The molecule has 1 aliphatic heterocycles. The molecular formula is C20H21N5O4. The summed E-state index contributed by atoms with van der Waals surface area (Å²) < 4.78 is 15.9. The number of aromatic nitrogens is 3. The Morgan fingerprint density at radius 3 is 2.66 bits per heavy atom. The maximum Gasteiger partial charge on any atom is 0.317 e. The fourth-order valence-electron chi connectivity index (χ4n) is 3.10. The monoisotopic (exact) mass is 395 g/mol. The Balaban J connectivity index is 1.29. The van der Waals surface area contributed by atoms with Gasteiger partial charge in [-0.15, -0.1) is 0 Å². The molecule has 2 amide bonds. The Morgan fingerprint density at radius 2 is 1.93 bits per heavy atom. The lowest BCUT2D eigenvalue weighted by Gasteiger charge is -2.36. The molecule has 1 aromatic carbocycles. The molecule has 0 saturated carbocycles. The molecule has 3 aromatic rings. The number of hydrogen-bond donors (Lipinski definition) is 1. The third-order valence-corrected chi connectivity index (χ3v) is 4.79. The smallest absolute Gasteiger partial charge is 0.317 e. The van der Waals surface area contributed by atoms with Crippen LogP contribution in [0.2, 0.25) is 0 Å². The van der Waals surface area contributed by atoms with Crippen molar-refractivity contribution in [1.29, 1.82) is 0 Å². The quantitative estimate of drug-likeness (QED) is 0.684. The fourth-order valence-corrected chi connectivity index (χ4v) is 3.10. The highest BCUT2D eigenvalue weighted by Gasteiger charge is 2.35. The van der Waals surface area contributed by atoms with E-state index >= 15 is 0 Å². The Kier molecular flexibility index (Phi) is 5.28. The number of benzene rings is 1. The molecule has 0 spiro atoms. The lowest BCUT2D eigenvalue weighted by molar-refractivity contribution is 0.136. The Labute approximate surface area is 167 Å². The highest BCUT2D eigenvalue weighted by molar-refractivity contribution is 5.75. The summed E-state index contributed by atoms with van der Waals surface area (Å²) >= 11 is 0. The number of carbonyl (C=O) groups excluding carboxylic acids is 1. The van der Waals surface area contributed by atoms with Crippen LogP contribution in [-0.4, -0.2) is 53.4 Å². The molecule has 9 nitrogen and oxygen atoms in total. The van der Waals surface area contributed by atoms with Gasteiger partial charge < -0.3 is 24.2 Å². The van der Waals surface area contributed by atoms with E-state index in [-0.39, 0.29) is 11.9 Å². The number of nitrogens with one attached hydrogen (secondary N) is 1. The molecule has 0 atom stereocenters. The normalized spacial score (nSPS) is 13.7. The van der Waals surface area contributed by atoms with E-state index in [0.29, 0.717) is 42.8 Å². The maximum atomic E-state index is 12.4. The van der Waals surface area contributed by atoms with E-state index in [4.69, 9.17) is 14.0 Å². The summed E-state index contributed by atoms with van der Waals surface area (Å²) in [4.78, 5) is 22.5.